The molecule has 1 N–H and O–H groups in total. The number of rotatable bonds is 3. The Morgan fingerprint density at radius 2 is 2.47 bits per heavy atom. The van der Waals surface area contributed by atoms with Gasteiger partial charge >= 0.3 is 0 Å². The van der Waals surface area contributed by atoms with Gasteiger partial charge in [-0.15, -0.1) is 11.3 Å². The Morgan fingerprint density at radius 1 is 1.53 bits per heavy atom. The largest absolute Gasteiger partial charge is 0.348 e. The molecule has 3 rings (SSSR count). The highest BCUT2D eigenvalue weighted by Crippen LogP contribution is 2.32. The SMILES string of the molecule is O=C(Cc1ncc[nH]1)c1cc2c(s1)CCSC2. The number of ketones is 1. The van der Waals surface area contributed by atoms with E-state index in [1.54, 1.807) is 23.7 Å². The van der Waals surface area contributed by atoms with Crippen molar-refractivity contribution >= 4 is 28.9 Å². The van der Waals surface area contributed by atoms with E-state index >= 15 is 0 Å². The van der Waals surface area contributed by atoms with Crippen LogP contribution in [0.2, 0.25) is 0 Å². The number of Topliss-reactive ketones (excluding diaryl/α,β-unsaturated/α-hetero) is 1. The van der Waals surface area contributed by atoms with Crippen molar-refractivity contribution in [3.8, 4) is 0 Å². The zero-order valence-corrected chi connectivity index (χ0v) is 10.9. The number of thioether (sulfide) groups is 1. The van der Waals surface area contributed by atoms with Gasteiger partial charge in [0.2, 0.25) is 0 Å². The van der Waals surface area contributed by atoms with Gasteiger partial charge in [0.15, 0.2) is 5.78 Å². The van der Waals surface area contributed by atoms with E-state index in [1.807, 2.05) is 11.8 Å². The van der Waals surface area contributed by atoms with Gasteiger partial charge in [-0.05, 0) is 23.8 Å². The number of carbonyl (C=O) groups is 1. The van der Waals surface area contributed by atoms with E-state index in [0.29, 0.717) is 6.42 Å². The molecule has 3 heterocycles. The smallest absolute Gasteiger partial charge is 0.180 e. The number of hydrogen-bond acceptors (Lipinski definition) is 4. The molecule has 0 atom stereocenters. The fourth-order valence-electron chi connectivity index (χ4n) is 1.92. The first-order valence-corrected chi connectivity index (χ1v) is 7.51. The number of imidazole rings is 1. The highest BCUT2D eigenvalue weighted by Gasteiger charge is 2.18. The van der Waals surface area contributed by atoms with Gasteiger partial charge in [-0.3, -0.25) is 4.79 Å². The maximum absolute atomic E-state index is 12.1. The maximum Gasteiger partial charge on any atom is 0.180 e. The molecule has 0 bridgehead atoms. The van der Waals surface area contributed by atoms with E-state index in [1.165, 1.54) is 16.2 Å². The van der Waals surface area contributed by atoms with Crippen LogP contribution in [0.25, 0.3) is 0 Å². The average molecular weight is 264 g/mol. The van der Waals surface area contributed by atoms with Crippen LogP contribution in [-0.4, -0.2) is 21.5 Å². The fourth-order valence-corrected chi connectivity index (χ4v) is 4.23. The van der Waals surface area contributed by atoms with E-state index in [4.69, 9.17) is 0 Å². The normalized spacial score (nSPS) is 14.6. The second-order valence-electron chi connectivity index (χ2n) is 4.00. The molecular weight excluding hydrogens is 252 g/mol. The fraction of sp³-hybridized carbons (Fsp3) is 0.333. The van der Waals surface area contributed by atoms with Crippen LogP contribution < -0.4 is 0 Å². The van der Waals surface area contributed by atoms with Crippen LogP contribution in [0.1, 0.15) is 25.9 Å². The lowest BCUT2D eigenvalue weighted by molar-refractivity contribution is 0.0995. The van der Waals surface area contributed by atoms with Crippen molar-refractivity contribution in [3.05, 3.63) is 39.6 Å². The first kappa shape index (κ1) is 11.0. The molecule has 1 aliphatic rings. The minimum absolute atomic E-state index is 0.171. The molecule has 0 spiro atoms. The molecule has 2 aromatic rings. The monoisotopic (exact) mass is 264 g/mol. The topological polar surface area (TPSA) is 45.8 Å². The quantitative estimate of drug-likeness (QED) is 0.867. The molecule has 0 saturated carbocycles. The Morgan fingerprint density at radius 3 is 3.24 bits per heavy atom. The van der Waals surface area contributed by atoms with Crippen molar-refractivity contribution < 1.29 is 4.79 Å². The molecule has 0 saturated heterocycles. The first-order valence-electron chi connectivity index (χ1n) is 5.54. The molecule has 0 aliphatic carbocycles. The number of carbonyl (C=O) groups excluding carboxylic acids is 1. The summed E-state index contributed by atoms with van der Waals surface area (Å²) in [6.45, 7) is 0. The van der Waals surface area contributed by atoms with Crippen LogP contribution in [0.5, 0.6) is 0 Å². The van der Waals surface area contributed by atoms with Gasteiger partial charge in [0.1, 0.15) is 5.82 Å². The number of aromatic nitrogens is 2. The lowest BCUT2D eigenvalue weighted by Crippen LogP contribution is -2.02. The summed E-state index contributed by atoms with van der Waals surface area (Å²) >= 11 is 3.61. The van der Waals surface area contributed by atoms with Crippen LogP contribution in [-0.2, 0) is 18.6 Å². The number of H-pyrrole nitrogens is 1. The van der Waals surface area contributed by atoms with Crippen molar-refractivity contribution in [1.82, 2.24) is 9.97 Å². The van der Waals surface area contributed by atoms with E-state index in [-0.39, 0.29) is 5.78 Å². The molecule has 5 heteroatoms. The molecule has 0 amide bonds. The number of thiophene rings is 1. The van der Waals surface area contributed by atoms with Crippen molar-refractivity contribution in [2.75, 3.05) is 5.75 Å². The summed E-state index contributed by atoms with van der Waals surface area (Å²) in [6.07, 6.45) is 4.91. The van der Waals surface area contributed by atoms with Crippen LogP contribution in [0.3, 0.4) is 0 Å². The van der Waals surface area contributed by atoms with Crippen LogP contribution in [0.4, 0.5) is 0 Å². The van der Waals surface area contributed by atoms with Crippen LogP contribution in [0.15, 0.2) is 18.5 Å². The molecular formula is C12H12N2OS2. The summed E-state index contributed by atoms with van der Waals surface area (Å²) in [5.74, 6) is 3.15. The van der Waals surface area contributed by atoms with Gasteiger partial charge in [0, 0.05) is 23.0 Å². The number of nitrogens with one attached hydrogen (secondary N) is 1. The summed E-state index contributed by atoms with van der Waals surface area (Å²) in [5, 5.41) is 0. The minimum atomic E-state index is 0.171. The Bertz CT molecular complexity index is 507. The highest BCUT2D eigenvalue weighted by molar-refractivity contribution is 7.98. The van der Waals surface area contributed by atoms with E-state index in [9.17, 15) is 4.79 Å². The second kappa shape index (κ2) is 4.66. The highest BCUT2D eigenvalue weighted by atomic mass is 32.2. The van der Waals surface area contributed by atoms with Gasteiger partial charge in [-0.2, -0.15) is 11.8 Å². The summed E-state index contributed by atoms with van der Waals surface area (Å²) in [4.78, 5) is 21.4. The lowest BCUT2D eigenvalue weighted by atomic mass is 10.2. The molecule has 0 aromatic carbocycles. The predicted molar refractivity (Wildman–Crippen MR) is 70.8 cm³/mol. The van der Waals surface area contributed by atoms with Crippen LogP contribution in [0, 0.1) is 0 Å². The van der Waals surface area contributed by atoms with Crippen LogP contribution >= 0.6 is 23.1 Å². The van der Waals surface area contributed by atoms with Crippen molar-refractivity contribution in [2.45, 2.75) is 18.6 Å². The number of fused-ring (bicyclic) bond motifs is 1. The Kier molecular flexibility index (Phi) is 3.03. The number of nitrogens with zero attached hydrogens (tertiary/aromatic N) is 1. The average Bonchev–Trinajstić information content (AvgIpc) is 2.96. The van der Waals surface area contributed by atoms with E-state index in [0.717, 1.165) is 22.9 Å². The number of aryl methyl sites for hydroxylation is 1. The molecule has 3 nitrogen and oxygen atoms in total. The maximum atomic E-state index is 12.1. The molecule has 0 radical (unpaired) electrons. The summed E-state index contributed by atoms with van der Waals surface area (Å²) < 4.78 is 0. The van der Waals surface area contributed by atoms with Crippen molar-refractivity contribution in [1.29, 1.82) is 0 Å². The molecule has 2 aromatic heterocycles. The standard InChI is InChI=1S/C12H12N2OS2/c15-9(6-12-13-2-3-14-12)11-5-8-7-16-4-1-10(8)17-11/h2-3,5H,1,4,6-7H2,(H,13,14). The Hall–Kier alpha value is -1.07. The van der Waals surface area contributed by atoms with Crippen molar-refractivity contribution in [3.63, 3.8) is 0 Å². The second-order valence-corrected chi connectivity index (χ2v) is 6.24. The molecule has 1 aliphatic heterocycles. The van der Waals surface area contributed by atoms with E-state index < -0.39 is 0 Å². The lowest BCUT2D eigenvalue weighted by Gasteiger charge is -2.08. The van der Waals surface area contributed by atoms with Gasteiger partial charge in [-0.1, -0.05) is 0 Å². The third kappa shape index (κ3) is 2.30. The number of aromatic amines is 1. The van der Waals surface area contributed by atoms with Crippen molar-refractivity contribution in [2.24, 2.45) is 0 Å². The third-order valence-corrected chi connectivity index (χ3v) is 5.07. The zero-order valence-electron chi connectivity index (χ0n) is 9.23. The summed E-state index contributed by atoms with van der Waals surface area (Å²) in [7, 11) is 0. The number of hydrogen-bond donors (Lipinski definition) is 1. The zero-order chi connectivity index (χ0) is 11.7. The predicted octanol–water partition coefficient (Wildman–Crippen LogP) is 2.69. The Labute approximate surface area is 108 Å². The van der Waals surface area contributed by atoms with Gasteiger partial charge in [0.05, 0.1) is 11.3 Å². The first-order chi connectivity index (χ1) is 8.33. The molecule has 88 valence electrons. The summed E-state index contributed by atoms with van der Waals surface area (Å²) in [6, 6.07) is 2.07. The Balaban J connectivity index is 1.79. The minimum Gasteiger partial charge on any atom is -0.348 e. The molecule has 0 fully saturated rings. The van der Waals surface area contributed by atoms with Gasteiger partial charge < -0.3 is 4.98 Å². The van der Waals surface area contributed by atoms with Gasteiger partial charge in [0.25, 0.3) is 0 Å². The van der Waals surface area contributed by atoms with Gasteiger partial charge in [-0.25, -0.2) is 4.98 Å². The molecule has 17 heavy (non-hydrogen) atoms. The third-order valence-electron chi connectivity index (χ3n) is 2.79. The molecule has 0 unspecified atom stereocenters. The van der Waals surface area contributed by atoms with E-state index in [2.05, 4.69) is 16.0 Å². The summed E-state index contributed by atoms with van der Waals surface area (Å²) in [5.41, 5.74) is 1.36.